The SMILES string of the molecule is Cc1ncccc1C(=O)N1CC(Oc2ccccc2-c2nc(-c3ccccc3)no2)C1. The van der Waals surface area contributed by atoms with Crippen molar-refractivity contribution in [2.24, 2.45) is 0 Å². The van der Waals surface area contributed by atoms with Crippen molar-refractivity contribution in [3.8, 4) is 28.6 Å². The summed E-state index contributed by atoms with van der Waals surface area (Å²) in [6.07, 6.45) is 1.59. The molecule has 0 atom stereocenters. The van der Waals surface area contributed by atoms with Crippen molar-refractivity contribution in [1.29, 1.82) is 0 Å². The van der Waals surface area contributed by atoms with E-state index in [9.17, 15) is 4.79 Å². The van der Waals surface area contributed by atoms with Gasteiger partial charge in [-0.1, -0.05) is 47.6 Å². The second kappa shape index (κ2) is 8.02. The number of amides is 1. The van der Waals surface area contributed by atoms with Crippen LogP contribution in [0.3, 0.4) is 0 Å². The Morgan fingerprint density at radius 2 is 1.81 bits per heavy atom. The third-order valence-corrected chi connectivity index (χ3v) is 5.24. The van der Waals surface area contributed by atoms with E-state index in [1.54, 1.807) is 23.2 Å². The number of nitrogens with zero attached hydrogens (tertiary/aromatic N) is 4. The van der Waals surface area contributed by atoms with Crippen molar-refractivity contribution in [3.05, 3.63) is 84.2 Å². The highest BCUT2D eigenvalue weighted by Crippen LogP contribution is 2.32. The summed E-state index contributed by atoms with van der Waals surface area (Å²) < 4.78 is 11.7. The molecule has 2 aromatic heterocycles. The molecule has 0 saturated carbocycles. The third kappa shape index (κ3) is 3.77. The average molecular weight is 412 g/mol. The van der Waals surface area contributed by atoms with Crippen LogP contribution in [-0.4, -0.2) is 45.1 Å². The number of rotatable bonds is 5. The summed E-state index contributed by atoms with van der Waals surface area (Å²) in [6, 6.07) is 20.8. The van der Waals surface area contributed by atoms with Gasteiger partial charge in [0, 0.05) is 17.5 Å². The van der Waals surface area contributed by atoms with Gasteiger partial charge in [-0.25, -0.2) is 0 Å². The summed E-state index contributed by atoms with van der Waals surface area (Å²) in [5.41, 5.74) is 2.97. The second-order valence-corrected chi connectivity index (χ2v) is 7.37. The quantitative estimate of drug-likeness (QED) is 0.493. The molecule has 7 heteroatoms. The van der Waals surface area contributed by atoms with E-state index in [2.05, 4.69) is 15.1 Å². The number of aromatic nitrogens is 3. The highest BCUT2D eigenvalue weighted by Gasteiger charge is 2.34. The lowest BCUT2D eigenvalue weighted by Gasteiger charge is -2.39. The van der Waals surface area contributed by atoms with Crippen LogP contribution in [0.2, 0.25) is 0 Å². The number of benzene rings is 2. The fraction of sp³-hybridized carbons (Fsp3) is 0.167. The molecular formula is C24H20N4O3. The Kier molecular flexibility index (Phi) is 4.92. The van der Waals surface area contributed by atoms with E-state index in [-0.39, 0.29) is 12.0 Å². The first-order chi connectivity index (χ1) is 15.2. The van der Waals surface area contributed by atoms with Crippen LogP contribution in [0, 0.1) is 6.92 Å². The minimum absolute atomic E-state index is 0.0249. The first-order valence-corrected chi connectivity index (χ1v) is 10.0. The van der Waals surface area contributed by atoms with E-state index in [4.69, 9.17) is 9.26 Å². The van der Waals surface area contributed by atoms with Crippen LogP contribution in [0.5, 0.6) is 5.75 Å². The summed E-state index contributed by atoms with van der Waals surface area (Å²) in [4.78, 5) is 23.2. The summed E-state index contributed by atoms with van der Waals surface area (Å²) in [6.45, 7) is 2.87. The van der Waals surface area contributed by atoms with E-state index >= 15 is 0 Å². The third-order valence-electron chi connectivity index (χ3n) is 5.24. The van der Waals surface area contributed by atoms with Gasteiger partial charge in [-0.2, -0.15) is 4.98 Å². The lowest BCUT2D eigenvalue weighted by atomic mass is 10.1. The molecule has 3 heterocycles. The first-order valence-electron chi connectivity index (χ1n) is 10.0. The summed E-state index contributed by atoms with van der Waals surface area (Å²) in [7, 11) is 0. The fourth-order valence-electron chi connectivity index (χ4n) is 3.52. The maximum atomic E-state index is 12.7. The Morgan fingerprint density at radius 3 is 2.61 bits per heavy atom. The molecule has 0 bridgehead atoms. The molecule has 4 aromatic rings. The zero-order valence-electron chi connectivity index (χ0n) is 16.9. The van der Waals surface area contributed by atoms with Crippen LogP contribution in [0.15, 0.2) is 77.4 Å². The molecule has 0 spiro atoms. The predicted octanol–water partition coefficient (Wildman–Crippen LogP) is 4.01. The summed E-state index contributed by atoms with van der Waals surface area (Å²) in [5, 5.41) is 4.09. The second-order valence-electron chi connectivity index (χ2n) is 7.37. The number of carbonyl (C=O) groups excluding carboxylic acids is 1. The standard InChI is InChI=1S/C24H20N4O3/c1-16-19(11-7-13-25-16)24(29)28-14-18(15-28)30-21-12-6-5-10-20(21)23-26-22(27-31-23)17-8-3-2-4-9-17/h2-13,18H,14-15H2,1H3. The number of hydrogen-bond donors (Lipinski definition) is 0. The largest absolute Gasteiger partial charge is 0.486 e. The van der Waals surface area contributed by atoms with E-state index in [0.29, 0.717) is 36.1 Å². The molecule has 2 aromatic carbocycles. The number of likely N-dealkylation sites (tertiary alicyclic amines) is 1. The summed E-state index contributed by atoms with van der Waals surface area (Å²) >= 11 is 0. The number of carbonyl (C=O) groups is 1. The van der Waals surface area contributed by atoms with Crippen molar-refractivity contribution in [2.75, 3.05) is 13.1 Å². The number of pyridine rings is 1. The van der Waals surface area contributed by atoms with Crippen molar-refractivity contribution >= 4 is 5.91 Å². The van der Waals surface area contributed by atoms with Crippen LogP contribution in [-0.2, 0) is 0 Å². The van der Waals surface area contributed by atoms with Crippen molar-refractivity contribution in [1.82, 2.24) is 20.0 Å². The zero-order chi connectivity index (χ0) is 21.2. The van der Waals surface area contributed by atoms with E-state index in [1.165, 1.54) is 0 Å². The topological polar surface area (TPSA) is 81.4 Å². The van der Waals surface area contributed by atoms with Gasteiger partial charge in [0.05, 0.1) is 24.2 Å². The average Bonchev–Trinajstić information content (AvgIpc) is 3.27. The predicted molar refractivity (Wildman–Crippen MR) is 114 cm³/mol. The molecule has 154 valence electrons. The maximum absolute atomic E-state index is 12.7. The highest BCUT2D eigenvalue weighted by molar-refractivity contribution is 5.95. The highest BCUT2D eigenvalue weighted by atomic mass is 16.5. The van der Waals surface area contributed by atoms with E-state index in [0.717, 1.165) is 16.8 Å². The molecular weight excluding hydrogens is 392 g/mol. The molecule has 1 aliphatic rings. The van der Waals surface area contributed by atoms with Gasteiger partial charge in [-0.05, 0) is 31.2 Å². The number of ether oxygens (including phenoxy) is 1. The Bertz CT molecular complexity index is 1220. The molecule has 0 radical (unpaired) electrons. The van der Waals surface area contributed by atoms with Crippen molar-refractivity contribution in [2.45, 2.75) is 13.0 Å². The Morgan fingerprint density at radius 1 is 1.03 bits per heavy atom. The van der Waals surface area contributed by atoms with Crippen LogP contribution in [0.25, 0.3) is 22.8 Å². The molecule has 5 rings (SSSR count). The van der Waals surface area contributed by atoms with E-state index < -0.39 is 0 Å². The zero-order valence-corrected chi connectivity index (χ0v) is 16.9. The van der Waals surface area contributed by atoms with Gasteiger partial charge >= 0.3 is 0 Å². The first kappa shape index (κ1) is 19.0. The minimum Gasteiger partial charge on any atom is -0.486 e. The van der Waals surface area contributed by atoms with Crippen LogP contribution < -0.4 is 4.74 Å². The molecule has 0 N–H and O–H groups in total. The molecule has 1 saturated heterocycles. The molecule has 31 heavy (non-hydrogen) atoms. The maximum Gasteiger partial charge on any atom is 0.262 e. The molecule has 1 aliphatic heterocycles. The Hall–Kier alpha value is -4.00. The Labute approximate surface area is 179 Å². The van der Waals surface area contributed by atoms with Crippen molar-refractivity contribution in [3.63, 3.8) is 0 Å². The minimum atomic E-state index is -0.0985. The molecule has 1 fully saturated rings. The van der Waals surface area contributed by atoms with Gasteiger partial charge in [0.1, 0.15) is 11.9 Å². The normalized spacial score (nSPS) is 13.6. The number of aryl methyl sites for hydroxylation is 1. The molecule has 1 amide bonds. The van der Waals surface area contributed by atoms with Gasteiger partial charge in [0.25, 0.3) is 11.8 Å². The summed E-state index contributed by atoms with van der Waals surface area (Å²) in [5.74, 6) is 1.55. The van der Waals surface area contributed by atoms with Crippen LogP contribution in [0.1, 0.15) is 16.1 Å². The van der Waals surface area contributed by atoms with E-state index in [1.807, 2.05) is 61.5 Å². The van der Waals surface area contributed by atoms with Crippen LogP contribution >= 0.6 is 0 Å². The van der Waals surface area contributed by atoms with Gasteiger partial charge in [0.2, 0.25) is 5.82 Å². The van der Waals surface area contributed by atoms with Gasteiger partial charge in [-0.15, -0.1) is 0 Å². The Balaban J connectivity index is 1.29. The number of para-hydroxylation sites is 1. The monoisotopic (exact) mass is 412 g/mol. The molecule has 0 aliphatic carbocycles. The molecule has 7 nitrogen and oxygen atoms in total. The lowest BCUT2D eigenvalue weighted by molar-refractivity contribution is 0.0178. The van der Waals surface area contributed by atoms with Crippen LogP contribution in [0.4, 0.5) is 0 Å². The smallest absolute Gasteiger partial charge is 0.262 e. The van der Waals surface area contributed by atoms with Gasteiger partial charge < -0.3 is 14.2 Å². The number of hydrogen-bond acceptors (Lipinski definition) is 6. The fourth-order valence-corrected chi connectivity index (χ4v) is 3.52. The lowest BCUT2D eigenvalue weighted by Crippen LogP contribution is -2.56. The van der Waals surface area contributed by atoms with Gasteiger partial charge in [-0.3, -0.25) is 9.78 Å². The van der Waals surface area contributed by atoms with Crippen molar-refractivity contribution < 1.29 is 14.1 Å². The molecule has 0 unspecified atom stereocenters. The van der Waals surface area contributed by atoms with Gasteiger partial charge in [0.15, 0.2) is 0 Å².